The largest absolute Gasteiger partial charge is 0.292 e. The quantitative estimate of drug-likeness (QED) is 0.614. The molecule has 0 spiro atoms. The summed E-state index contributed by atoms with van der Waals surface area (Å²) < 4.78 is 39.1. The fourth-order valence-electron chi connectivity index (χ4n) is 2.07. The van der Waals surface area contributed by atoms with Gasteiger partial charge in [0.1, 0.15) is 5.82 Å². The van der Waals surface area contributed by atoms with Crippen LogP contribution in [0.2, 0.25) is 0 Å². The Balaban J connectivity index is 2.07. The molecule has 0 saturated heterocycles. The van der Waals surface area contributed by atoms with Crippen LogP contribution < -0.4 is 4.72 Å². The van der Waals surface area contributed by atoms with Crippen LogP contribution in [0.4, 0.5) is 4.39 Å². The van der Waals surface area contributed by atoms with Crippen molar-refractivity contribution in [2.45, 2.75) is 31.2 Å². The van der Waals surface area contributed by atoms with E-state index in [0.717, 1.165) is 0 Å². The van der Waals surface area contributed by atoms with Gasteiger partial charge in [0.05, 0.1) is 17.4 Å². The van der Waals surface area contributed by atoms with Gasteiger partial charge in [-0.1, -0.05) is 0 Å². The summed E-state index contributed by atoms with van der Waals surface area (Å²) in [6.45, 7) is 0. The third-order valence-electron chi connectivity index (χ3n) is 3.34. The average Bonchev–Trinajstić information content (AvgIpc) is 3.19. The van der Waals surface area contributed by atoms with E-state index in [4.69, 9.17) is 5.26 Å². The lowest BCUT2D eigenvalue weighted by atomic mass is 10.0. The van der Waals surface area contributed by atoms with E-state index in [0.29, 0.717) is 12.8 Å². The number of carbonyl (C=O) groups excluding carboxylic acids is 1. The highest BCUT2D eigenvalue weighted by Crippen LogP contribution is 2.39. The van der Waals surface area contributed by atoms with Gasteiger partial charge in [-0.3, -0.25) is 4.79 Å². The summed E-state index contributed by atoms with van der Waals surface area (Å²) in [5, 5.41) is 8.42. The Kier molecular flexibility index (Phi) is 4.40. The molecule has 2 rings (SSSR count). The molecule has 1 aliphatic rings. The Morgan fingerprint density at radius 2 is 1.95 bits per heavy atom. The molecular formula is C14H15FN2O3S. The second-order valence-electron chi connectivity index (χ2n) is 5.10. The third kappa shape index (κ3) is 3.86. The van der Waals surface area contributed by atoms with Crippen molar-refractivity contribution in [1.29, 1.82) is 5.26 Å². The number of rotatable bonds is 7. The zero-order valence-electron chi connectivity index (χ0n) is 11.3. The second kappa shape index (κ2) is 5.92. The first-order valence-corrected chi connectivity index (χ1v) is 8.23. The highest BCUT2D eigenvalue weighted by atomic mass is 32.2. The highest BCUT2D eigenvalue weighted by molar-refractivity contribution is 7.89. The van der Waals surface area contributed by atoms with Crippen LogP contribution in [0.25, 0.3) is 0 Å². The third-order valence-corrected chi connectivity index (χ3v) is 4.87. The maximum absolute atomic E-state index is 12.9. The molecule has 0 aromatic heterocycles. The first-order valence-electron chi connectivity index (χ1n) is 6.57. The van der Waals surface area contributed by atoms with E-state index in [9.17, 15) is 17.6 Å². The van der Waals surface area contributed by atoms with Crippen LogP contribution in [0, 0.1) is 17.1 Å². The van der Waals surface area contributed by atoms with Gasteiger partial charge in [-0.15, -0.1) is 0 Å². The lowest BCUT2D eigenvalue weighted by Gasteiger charge is -2.16. The first-order chi connectivity index (χ1) is 9.88. The maximum Gasteiger partial charge on any atom is 0.212 e. The molecule has 21 heavy (non-hydrogen) atoms. The molecule has 0 aliphatic heterocycles. The number of Topliss-reactive ketones (excluding diaryl/α,β-unsaturated/α-hetero) is 1. The number of sulfonamides is 1. The normalized spacial score (nSPS) is 16.2. The van der Waals surface area contributed by atoms with E-state index in [-0.39, 0.29) is 29.9 Å². The fourth-order valence-corrected chi connectivity index (χ4v) is 3.59. The van der Waals surface area contributed by atoms with Gasteiger partial charge < -0.3 is 0 Å². The van der Waals surface area contributed by atoms with E-state index in [1.54, 1.807) is 0 Å². The Hall–Kier alpha value is -1.78. The summed E-state index contributed by atoms with van der Waals surface area (Å²) >= 11 is 0. The van der Waals surface area contributed by atoms with Crippen molar-refractivity contribution in [1.82, 2.24) is 4.72 Å². The molecule has 0 heterocycles. The number of nitrogens with one attached hydrogen (secondary N) is 1. The molecule has 1 fully saturated rings. The summed E-state index contributed by atoms with van der Waals surface area (Å²) in [4.78, 5) is 12.3. The molecule has 1 aromatic rings. The fraction of sp³-hybridized carbons (Fsp3) is 0.429. The predicted octanol–water partition coefficient (Wildman–Crippen LogP) is 1.76. The molecule has 0 bridgehead atoms. The van der Waals surface area contributed by atoms with Crippen molar-refractivity contribution in [3.05, 3.63) is 35.6 Å². The van der Waals surface area contributed by atoms with E-state index < -0.39 is 21.4 Å². The molecule has 0 atom stereocenters. The lowest BCUT2D eigenvalue weighted by molar-refractivity contribution is 0.0940. The van der Waals surface area contributed by atoms with Crippen molar-refractivity contribution in [3.63, 3.8) is 0 Å². The summed E-state index contributed by atoms with van der Waals surface area (Å²) in [5.41, 5.74) is -0.808. The van der Waals surface area contributed by atoms with Crippen LogP contribution >= 0.6 is 0 Å². The zero-order valence-corrected chi connectivity index (χ0v) is 12.1. The van der Waals surface area contributed by atoms with Crippen LogP contribution in [0.5, 0.6) is 0 Å². The zero-order chi connectivity index (χ0) is 15.5. The van der Waals surface area contributed by atoms with Crippen LogP contribution in [0.3, 0.4) is 0 Å². The number of hydrogen-bond donors (Lipinski definition) is 1. The molecule has 1 N–H and O–H groups in total. The molecule has 0 unspecified atom stereocenters. The Bertz CT molecular complexity index is 673. The van der Waals surface area contributed by atoms with Gasteiger partial charge in [-0.05, 0) is 43.5 Å². The molecule has 0 radical (unpaired) electrons. The SMILES string of the molecule is N#CCCCS(=O)(=O)NC1(C(=O)c2ccc(F)cc2)CC1. The van der Waals surface area contributed by atoms with Crippen LogP contribution in [0.15, 0.2) is 24.3 Å². The molecule has 1 saturated carbocycles. The first kappa shape index (κ1) is 15.6. The van der Waals surface area contributed by atoms with Crippen LogP contribution in [-0.2, 0) is 10.0 Å². The summed E-state index contributed by atoms with van der Waals surface area (Å²) in [6.07, 6.45) is 1.24. The standard InChI is InChI=1S/C14H15FN2O3S/c15-12-5-3-11(4-6-12)13(18)14(7-8-14)17-21(19,20)10-2-1-9-16/h3-6,17H,1-2,7-8,10H2. The topological polar surface area (TPSA) is 87.0 Å². The molecule has 5 nitrogen and oxygen atoms in total. The highest BCUT2D eigenvalue weighted by Gasteiger charge is 2.52. The van der Waals surface area contributed by atoms with Crippen LogP contribution in [-0.4, -0.2) is 25.5 Å². The van der Waals surface area contributed by atoms with Crippen molar-refractivity contribution >= 4 is 15.8 Å². The van der Waals surface area contributed by atoms with Gasteiger partial charge in [0, 0.05) is 12.0 Å². The smallest absolute Gasteiger partial charge is 0.212 e. The van der Waals surface area contributed by atoms with E-state index in [1.165, 1.54) is 24.3 Å². The Morgan fingerprint density at radius 3 is 2.48 bits per heavy atom. The lowest BCUT2D eigenvalue weighted by Crippen LogP contribution is -2.44. The Labute approximate surface area is 122 Å². The number of nitriles is 1. The van der Waals surface area contributed by atoms with Crippen LogP contribution in [0.1, 0.15) is 36.0 Å². The molecule has 112 valence electrons. The number of nitrogens with zero attached hydrogens (tertiary/aromatic N) is 1. The van der Waals surface area contributed by atoms with Crippen molar-refractivity contribution in [2.75, 3.05) is 5.75 Å². The van der Waals surface area contributed by atoms with Gasteiger partial charge in [0.15, 0.2) is 5.78 Å². The number of halogens is 1. The van der Waals surface area contributed by atoms with E-state index in [2.05, 4.69) is 4.72 Å². The Morgan fingerprint density at radius 1 is 1.33 bits per heavy atom. The number of ketones is 1. The maximum atomic E-state index is 12.9. The average molecular weight is 310 g/mol. The minimum absolute atomic E-state index is 0.153. The molecule has 7 heteroatoms. The van der Waals surface area contributed by atoms with Gasteiger partial charge in [0.2, 0.25) is 10.0 Å². The predicted molar refractivity (Wildman–Crippen MR) is 74.5 cm³/mol. The summed E-state index contributed by atoms with van der Waals surface area (Å²) in [6, 6.07) is 6.92. The van der Waals surface area contributed by atoms with Crippen molar-refractivity contribution in [3.8, 4) is 6.07 Å². The van der Waals surface area contributed by atoms with Gasteiger partial charge in [-0.2, -0.15) is 5.26 Å². The van der Waals surface area contributed by atoms with Crippen molar-refractivity contribution < 1.29 is 17.6 Å². The summed E-state index contributed by atoms with van der Waals surface area (Å²) in [7, 11) is -3.61. The molecule has 0 amide bonds. The molecule has 1 aromatic carbocycles. The van der Waals surface area contributed by atoms with Gasteiger partial charge >= 0.3 is 0 Å². The van der Waals surface area contributed by atoms with E-state index >= 15 is 0 Å². The molecular weight excluding hydrogens is 295 g/mol. The minimum Gasteiger partial charge on any atom is -0.292 e. The van der Waals surface area contributed by atoms with Gasteiger partial charge in [-0.25, -0.2) is 17.5 Å². The molecule has 1 aliphatic carbocycles. The van der Waals surface area contributed by atoms with Crippen molar-refractivity contribution in [2.24, 2.45) is 0 Å². The number of unbranched alkanes of at least 4 members (excludes halogenated alkanes) is 1. The monoisotopic (exact) mass is 310 g/mol. The number of hydrogen-bond acceptors (Lipinski definition) is 4. The van der Waals surface area contributed by atoms with E-state index in [1.807, 2.05) is 6.07 Å². The minimum atomic E-state index is -3.61. The summed E-state index contributed by atoms with van der Waals surface area (Å²) in [5.74, 6) is -0.973. The van der Waals surface area contributed by atoms with Gasteiger partial charge in [0.25, 0.3) is 0 Å². The number of benzene rings is 1. The number of carbonyl (C=O) groups is 1. The second-order valence-corrected chi connectivity index (χ2v) is 6.94.